The molecule has 3 rings (SSSR count). The summed E-state index contributed by atoms with van der Waals surface area (Å²) in [5.41, 5.74) is 5.14. The molecule has 1 atom stereocenters. The molecule has 0 aliphatic rings. The van der Waals surface area contributed by atoms with Gasteiger partial charge >= 0.3 is 5.63 Å². The molecule has 0 spiro atoms. The third-order valence-electron chi connectivity index (χ3n) is 5.11. The van der Waals surface area contributed by atoms with Crippen molar-refractivity contribution in [3.8, 4) is 0 Å². The van der Waals surface area contributed by atoms with Crippen LogP contribution in [0.5, 0.6) is 0 Å². The van der Waals surface area contributed by atoms with Crippen LogP contribution in [0.2, 0.25) is 0 Å². The van der Waals surface area contributed by atoms with Crippen LogP contribution in [0.4, 0.5) is 0 Å². The minimum absolute atomic E-state index is 0.276. The lowest BCUT2D eigenvalue weighted by atomic mass is 10.0. The first-order valence-corrected chi connectivity index (χ1v) is 9.16. The second kappa shape index (κ2) is 7.85. The molecule has 1 aromatic heterocycles. The average molecular weight is 352 g/mol. The monoisotopic (exact) mass is 352 g/mol. The Labute approximate surface area is 154 Å². The van der Waals surface area contributed by atoms with Crippen LogP contribution < -0.4 is 15.8 Å². The third-order valence-corrected chi connectivity index (χ3v) is 5.11. The number of quaternary nitrogens is 2. The molecule has 0 aliphatic carbocycles. The van der Waals surface area contributed by atoms with Gasteiger partial charge in [0.1, 0.15) is 18.7 Å². The first-order chi connectivity index (χ1) is 12.5. The summed E-state index contributed by atoms with van der Waals surface area (Å²) in [5, 5.41) is 3.33. The summed E-state index contributed by atoms with van der Waals surface area (Å²) in [4.78, 5) is 13.3. The van der Waals surface area contributed by atoms with E-state index in [4.69, 9.17) is 4.42 Å². The molecule has 0 radical (unpaired) electrons. The second-order valence-electron chi connectivity index (χ2n) is 7.29. The summed E-state index contributed by atoms with van der Waals surface area (Å²) in [6, 6.07) is 16.7. The van der Waals surface area contributed by atoms with Gasteiger partial charge in [-0.1, -0.05) is 30.3 Å². The van der Waals surface area contributed by atoms with Crippen molar-refractivity contribution in [2.75, 3.05) is 20.6 Å². The number of hydrogen-bond acceptors (Lipinski definition) is 2. The van der Waals surface area contributed by atoms with E-state index in [0.29, 0.717) is 11.6 Å². The Balaban J connectivity index is 1.81. The van der Waals surface area contributed by atoms with Crippen molar-refractivity contribution in [2.24, 2.45) is 0 Å². The average Bonchev–Trinajstić information content (AvgIpc) is 2.60. The number of hydrogen-bond donors (Lipinski definition) is 2. The molecule has 0 bridgehead atoms. The van der Waals surface area contributed by atoms with Crippen LogP contribution in [-0.4, -0.2) is 20.6 Å². The van der Waals surface area contributed by atoms with Crippen LogP contribution in [0.15, 0.2) is 57.7 Å². The quantitative estimate of drug-likeness (QED) is 0.658. The highest BCUT2D eigenvalue weighted by atomic mass is 16.4. The lowest BCUT2D eigenvalue weighted by Gasteiger charge is -2.20. The van der Waals surface area contributed by atoms with Crippen molar-refractivity contribution < 1.29 is 14.6 Å². The van der Waals surface area contributed by atoms with Crippen LogP contribution in [0, 0.1) is 13.8 Å². The zero-order valence-corrected chi connectivity index (χ0v) is 16.0. The Morgan fingerprint density at radius 3 is 2.42 bits per heavy atom. The molecule has 0 saturated heterocycles. The molecule has 3 N–H and O–H groups in total. The van der Waals surface area contributed by atoms with Gasteiger partial charge in [-0.2, -0.15) is 0 Å². The standard InChI is InChI=1S/C22H26N2O2/c1-15-10-19-18(12-22(25)26-21(19)11-16(15)2)13-23-14-20(24(3)4)17-8-6-5-7-9-17/h5-12,20,23H,13-14H2,1-4H3/p+2/t20-/m0/s1. The molecule has 136 valence electrons. The largest absolute Gasteiger partial charge is 0.423 e. The zero-order chi connectivity index (χ0) is 18.7. The topological polar surface area (TPSA) is 51.3 Å². The summed E-state index contributed by atoms with van der Waals surface area (Å²) >= 11 is 0. The van der Waals surface area contributed by atoms with E-state index in [1.54, 1.807) is 6.07 Å². The highest BCUT2D eigenvalue weighted by Crippen LogP contribution is 2.21. The summed E-state index contributed by atoms with van der Waals surface area (Å²) in [6.07, 6.45) is 0. The maximum atomic E-state index is 11.9. The van der Waals surface area contributed by atoms with E-state index >= 15 is 0 Å². The third kappa shape index (κ3) is 4.03. The number of aryl methyl sites for hydroxylation is 2. The zero-order valence-electron chi connectivity index (χ0n) is 16.0. The van der Waals surface area contributed by atoms with Crippen LogP contribution in [0.3, 0.4) is 0 Å². The molecule has 0 amide bonds. The van der Waals surface area contributed by atoms with Crippen molar-refractivity contribution in [1.29, 1.82) is 0 Å². The molecular formula is C22H28N2O2+2. The first kappa shape index (κ1) is 18.4. The lowest BCUT2D eigenvalue weighted by molar-refractivity contribution is -0.910. The maximum absolute atomic E-state index is 11.9. The van der Waals surface area contributed by atoms with Crippen molar-refractivity contribution >= 4 is 11.0 Å². The number of likely N-dealkylation sites (N-methyl/N-ethyl adjacent to an activating group) is 1. The van der Waals surface area contributed by atoms with E-state index in [-0.39, 0.29) is 5.63 Å². The minimum atomic E-state index is -0.276. The number of nitrogens with two attached hydrogens (primary N) is 1. The predicted molar refractivity (Wildman–Crippen MR) is 104 cm³/mol. The molecule has 0 aliphatic heterocycles. The van der Waals surface area contributed by atoms with Crippen molar-refractivity contribution in [2.45, 2.75) is 26.4 Å². The highest BCUT2D eigenvalue weighted by molar-refractivity contribution is 5.81. The van der Waals surface area contributed by atoms with Gasteiger partial charge in [0.15, 0.2) is 6.04 Å². The smallest absolute Gasteiger partial charge is 0.336 e. The summed E-state index contributed by atoms with van der Waals surface area (Å²) in [6.45, 7) is 5.85. The fourth-order valence-corrected chi connectivity index (χ4v) is 3.45. The molecular weight excluding hydrogens is 324 g/mol. The van der Waals surface area contributed by atoms with Gasteiger partial charge in [-0.15, -0.1) is 0 Å². The van der Waals surface area contributed by atoms with Gasteiger partial charge in [0.2, 0.25) is 0 Å². The Morgan fingerprint density at radius 1 is 1.04 bits per heavy atom. The molecule has 0 unspecified atom stereocenters. The van der Waals surface area contributed by atoms with E-state index in [1.807, 2.05) is 13.0 Å². The normalized spacial score (nSPS) is 12.7. The number of rotatable bonds is 6. The Bertz CT molecular complexity index is 946. The molecule has 1 heterocycles. The van der Waals surface area contributed by atoms with E-state index < -0.39 is 0 Å². The summed E-state index contributed by atoms with van der Waals surface area (Å²) in [5.74, 6) is 0. The van der Waals surface area contributed by atoms with E-state index in [0.717, 1.165) is 29.6 Å². The van der Waals surface area contributed by atoms with E-state index in [1.165, 1.54) is 16.0 Å². The van der Waals surface area contributed by atoms with Crippen molar-refractivity contribution in [3.63, 3.8) is 0 Å². The summed E-state index contributed by atoms with van der Waals surface area (Å²) < 4.78 is 5.40. The molecule has 26 heavy (non-hydrogen) atoms. The molecule has 2 aromatic carbocycles. The maximum Gasteiger partial charge on any atom is 0.336 e. The van der Waals surface area contributed by atoms with Gasteiger partial charge in [-0.25, -0.2) is 4.79 Å². The molecule has 0 saturated carbocycles. The van der Waals surface area contributed by atoms with Crippen molar-refractivity contribution in [1.82, 2.24) is 0 Å². The van der Waals surface area contributed by atoms with Crippen LogP contribution in [-0.2, 0) is 6.54 Å². The van der Waals surface area contributed by atoms with E-state index in [9.17, 15) is 4.79 Å². The SMILES string of the molecule is Cc1cc2oc(=O)cc(C[NH2+]C[C@@H](c3ccccc3)[NH+](C)C)c2cc1C. The fourth-order valence-electron chi connectivity index (χ4n) is 3.45. The first-order valence-electron chi connectivity index (χ1n) is 9.16. The van der Waals surface area contributed by atoms with Crippen molar-refractivity contribution in [3.05, 3.63) is 81.2 Å². The van der Waals surface area contributed by atoms with Crippen LogP contribution in [0.25, 0.3) is 11.0 Å². The van der Waals surface area contributed by atoms with Gasteiger partial charge < -0.3 is 14.6 Å². The Morgan fingerprint density at radius 2 is 1.73 bits per heavy atom. The molecule has 4 nitrogen and oxygen atoms in total. The number of fused-ring (bicyclic) bond motifs is 1. The summed E-state index contributed by atoms with van der Waals surface area (Å²) in [7, 11) is 4.37. The van der Waals surface area contributed by atoms with Gasteiger partial charge in [-0.05, 0) is 37.1 Å². The van der Waals surface area contributed by atoms with Gasteiger partial charge in [-0.3, -0.25) is 0 Å². The Hall–Kier alpha value is -2.43. The Kier molecular flexibility index (Phi) is 5.55. The van der Waals surface area contributed by atoms with Gasteiger partial charge in [0.25, 0.3) is 0 Å². The van der Waals surface area contributed by atoms with Gasteiger partial charge in [0.05, 0.1) is 14.1 Å². The molecule has 3 aromatic rings. The van der Waals surface area contributed by atoms with Crippen LogP contribution in [0.1, 0.15) is 28.3 Å². The van der Waals surface area contributed by atoms with Gasteiger partial charge in [0, 0.05) is 22.6 Å². The lowest BCUT2D eigenvalue weighted by Crippen LogP contribution is -3.09. The van der Waals surface area contributed by atoms with E-state index in [2.05, 4.69) is 62.7 Å². The molecule has 4 heteroatoms. The fraction of sp³-hybridized carbons (Fsp3) is 0.318. The molecule has 0 fully saturated rings. The highest BCUT2D eigenvalue weighted by Gasteiger charge is 2.19. The predicted octanol–water partition coefficient (Wildman–Crippen LogP) is 1.36. The second-order valence-corrected chi connectivity index (χ2v) is 7.29. The number of benzene rings is 2. The number of nitrogens with one attached hydrogen (secondary N) is 1. The minimum Gasteiger partial charge on any atom is -0.423 e. The van der Waals surface area contributed by atoms with Crippen LogP contribution >= 0.6 is 0 Å².